The number of nitrogens with one attached hydrogen (secondary N) is 1. The van der Waals surface area contributed by atoms with Gasteiger partial charge < -0.3 is 10.8 Å². The molecule has 2 aromatic rings. The predicted molar refractivity (Wildman–Crippen MR) is 116 cm³/mol. The molecule has 2 radical (unpaired) electrons. The van der Waals surface area contributed by atoms with Crippen LogP contribution in [0.1, 0.15) is 20.8 Å². The summed E-state index contributed by atoms with van der Waals surface area (Å²) >= 11 is -0.556. The van der Waals surface area contributed by atoms with Crippen molar-refractivity contribution in [2.75, 3.05) is 6.61 Å². The van der Waals surface area contributed by atoms with E-state index in [-0.39, 0.29) is 22.2 Å². The van der Waals surface area contributed by atoms with Crippen molar-refractivity contribution in [2.24, 2.45) is 0 Å². The van der Waals surface area contributed by atoms with Gasteiger partial charge in [-0.3, -0.25) is 0 Å². The summed E-state index contributed by atoms with van der Waals surface area (Å²) in [5, 5.41) is 11.2. The number of aliphatic hydroxyl groups excluding tert-OH is 1. The van der Waals surface area contributed by atoms with Gasteiger partial charge in [0.1, 0.15) is 0 Å². The van der Waals surface area contributed by atoms with Crippen molar-refractivity contribution in [1.29, 1.82) is 0 Å². The van der Waals surface area contributed by atoms with Crippen LogP contribution in [-0.4, -0.2) is 33.9 Å². The molecule has 0 saturated carbocycles. The van der Waals surface area contributed by atoms with Crippen molar-refractivity contribution in [3.8, 4) is 0 Å². The maximum absolute atomic E-state index is 8.53. The van der Waals surface area contributed by atoms with E-state index in [1.54, 1.807) is 0 Å². The van der Waals surface area contributed by atoms with Gasteiger partial charge >= 0.3 is 35.6 Å². The summed E-state index contributed by atoms with van der Waals surface area (Å²) in [5.41, 5.74) is 6.69. The molecule has 25 heavy (non-hydrogen) atoms. The van der Waals surface area contributed by atoms with Crippen molar-refractivity contribution < 1.29 is 22.1 Å². The smallest absolute Gasteiger partial charge is 0.0809 e. The molecule has 0 spiro atoms. The van der Waals surface area contributed by atoms with E-state index < -0.39 is 17.0 Å². The second-order valence-electron chi connectivity index (χ2n) is 6.73. The first-order valence-corrected chi connectivity index (χ1v) is 18.1. The second-order valence-corrected chi connectivity index (χ2v) is 18.9. The number of fused-ring (bicyclic) bond motifs is 1. The van der Waals surface area contributed by atoms with Gasteiger partial charge in [-0.1, -0.05) is 46.5 Å². The third-order valence-corrected chi connectivity index (χ3v) is 11.4. The average molecular weight is 452 g/mol. The molecular formula is C18H31Cl2NOSi2Ti-2. The van der Waals surface area contributed by atoms with Crippen molar-refractivity contribution in [3.05, 3.63) is 48.2 Å². The molecule has 0 amide bonds. The fourth-order valence-electron chi connectivity index (χ4n) is 1.49. The van der Waals surface area contributed by atoms with E-state index >= 15 is 0 Å². The number of rotatable bonds is 3. The van der Waals surface area contributed by atoms with Gasteiger partial charge in [0.05, 0.1) is 0 Å². The van der Waals surface area contributed by atoms with Gasteiger partial charge in [-0.25, -0.2) is 0 Å². The minimum atomic E-state index is -0.556. The van der Waals surface area contributed by atoms with Gasteiger partial charge in [0.25, 0.3) is 0 Å². The Kier molecular flexibility index (Phi) is 18.4. The molecule has 0 aliphatic heterocycles. The van der Waals surface area contributed by atoms with Crippen LogP contribution in [0.15, 0.2) is 42.5 Å². The van der Waals surface area contributed by atoms with E-state index in [4.69, 9.17) is 29.5 Å². The first-order chi connectivity index (χ1) is 11.6. The van der Waals surface area contributed by atoms with Gasteiger partial charge in [0.15, 0.2) is 0 Å². The van der Waals surface area contributed by atoms with Gasteiger partial charge in [0, 0.05) is 23.2 Å². The Hall–Kier alpha value is 0.478. The maximum atomic E-state index is 8.53. The zero-order valence-electron chi connectivity index (χ0n) is 16.2. The third kappa shape index (κ3) is 20.6. The number of halogens is 2. The minimum Gasteiger partial charge on any atom is -0.168 e. The molecule has 0 aliphatic carbocycles. The van der Waals surface area contributed by atoms with E-state index in [9.17, 15) is 0 Å². The molecule has 0 bridgehead atoms. The normalized spacial score (nSPS) is 10.2. The van der Waals surface area contributed by atoms with Crippen molar-refractivity contribution in [2.45, 2.75) is 52.0 Å². The van der Waals surface area contributed by atoms with Crippen LogP contribution in [0.2, 0.25) is 25.7 Å². The number of hydrogen-bond acceptors (Lipinski definition) is 1. The molecular weight excluding hydrogens is 421 g/mol. The molecule has 0 aromatic heterocycles. The summed E-state index contributed by atoms with van der Waals surface area (Å²) in [7, 11) is 9.64. The van der Waals surface area contributed by atoms with Crippen LogP contribution in [0.3, 0.4) is 0 Å². The third-order valence-electron chi connectivity index (χ3n) is 2.89. The van der Waals surface area contributed by atoms with Crippen molar-refractivity contribution >= 4 is 46.0 Å². The van der Waals surface area contributed by atoms with Crippen LogP contribution >= 0.6 is 18.6 Å². The summed E-state index contributed by atoms with van der Waals surface area (Å²) in [5.74, 6) is 0. The van der Waals surface area contributed by atoms with Gasteiger partial charge in [-0.15, -0.1) is 35.2 Å². The van der Waals surface area contributed by atoms with Crippen LogP contribution in [0.4, 0.5) is 0 Å². The summed E-state index contributed by atoms with van der Waals surface area (Å²) in [6.45, 7) is 12.9. The zero-order chi connectivity index (χ0) is 19.9. The fourth-order valence-corrected chi connectivity index (χ4v) is 4.16. The van der Waals surface area contributed by atoms with Gasteiger partial charge in [-0.2, -0.15) is 17.5 Å². The molecule has 0 fully saturated rings. The first kappa shape index (κ1) is 27.7. The SMILES string of the molecule is CC(C)(C)[NH-].C[Si](C)[Si](C)CCO.[Cl][Ti][Cl].c1ccc2[cH-]ccc2c1. The molecule has 2 N–H and O–H groups in total. The predicted octanol–water partition coefficient (Wildman–Crippen LogP) is 6.71. The molecule has 142 valence electrons. The van der Waals surface area contributed by atoms with E-state index in [1.807, 2.05) is 20.8 Å². The van der Waals surface area contributed by atoms with E-state index in [0.29, 0.717) is 6.61 Å². The monoisotopic (exact) mass is 451 g/mol. The molecule has 0 heterocycles. The maximum Gasteiger partial charge on any atom is -0.0809 e. The van der Waals surface area contributed by atoms with Gasteiger partial charge in [0.2, 0.25) is 0 Å². The van der Waals surface area contributed by atoms with Crippen LogP contribution in [-0.2, 0) is 17.0 Å². The Morgan fingerprint density at radius 3 is 1.96 bits per heavy atom. The molecule has 0 saturated heterocycles. The number of aliphatic hydroxyl groups is 1. The van der Waals surface area contributed by atoms with Crippen LogP contribution < -0.4 is 0 Å². The fraction of sp³-hybridized carbons (Fsp3) is 0.500. The standard InChI is InChI=1S/C9H7.C5H14OSi2.C4H10N.2ClH.Ti/c1-2-5-9-7-3-6-8(9)4-1;1-7(2)8(3)5-4-6;1-4(2,3)5;;;/h1-7H;6H,4-5H2,1-3H3;5H,1-3H3;2*1H;/q-1;;-1;;;+2/p-2. The van der Waals surface area contributed by atoms with E-state index in [1.165, 1.54) is 10.8 Å². The number of benzene rings is 1. The van der Waals surface area contributed by atoms with Crippen molar-refractivity contribution in [1.82, 2.24) is 0 Å². The van der Waals surface area contributed by atoms with Crippen LogP contribution in [0.5, 0.6) is 0 Å². The second kappa shape index (κ2) is 16.6. The largest absolute Gasteiger partial charge is 0.168 e. The summed E-state index contributed by atoms with van der Waals surface area (Å²) in [4.78, 5) is 0. The van der Waals surface area contributed by atoms with E-state index in [0.717, 1.165) is 6.04 Å². The summed E-state index contributed by atoms with van der Waals surface area (Å²) in [6, 6.07) is 15.8. The Balaban J connectivity index is 0. The Labute approximate surface area is 174 Å². The Bertz CT molecular complexity index is 497. The van der Waals surface area contributed by atoms with Crippen LogP contribution in [0, 0.1) is 0 Å². The molecule has 2 rings (SSSR count). The Morgan fingerprint density at radius 2 is 1.60 bits per heavy atom. The zero-order valence-corrected chi connectivity index (χ0v) is 21.2. The Morgan fingerprint density at radius 1 is 1.12 bits per heavy atom. The summed E-state index contributed by atoms with van der Waals surface area (Å²) < 4.78 is 0. The first-order valence-electron chi connectivity index (χ1n) is 8.12. The van der Waals surface area contributed by atoms with Crippen molar-refractivity contribution in [3.63, 3.8) is 0 Å². The summed E-state index contributed by atoms with van der Waals surface area (Å²) in [6.07, 6.45) is 0. The quantitative estimate of drug-likeness (QED) is 0.408. The van der Waals surface area contributed by atoms with Gasteiger partial charge in [-0.05, 0) is 6.04 Å². The average Bonchev–Trinajstić information content (AvgIpc) is 2.95. The molecule has 2 aromatic carbocycles. The van der Waals surface area contributed by atoms with Crippen LogP contribution in [0.25, 0.3) is 16.5 Å². The minimum absolute atomic E-state index is 0.0331. The molecule has 0 aliphatic rings. The topological polar surface area (TPSA) is 44.0 Å². The van der Waals surface area contributed by atoms with E-state index in [2.05, 4.69) is 62.1 Å². The molecule has 0 unspecified atom stereocenters. The molecule has 2 nitrogen and oxygen atoms in total. The molecule has 0 atom stereocenters. The molecule has 7 heteroatoms. The number of hydrogen-bond donors (Lipinski definition) is 1.